The molecule has 0 radical (unpaired) electrons. The highest BCUT2D eigenvalue weighted by Crippen LogP contribution is 2.17. The fourth-order valence-electron chi connectivity index (χ4n) is 0. The van der Waals surface area contributed by atoms with Gasteiger partial charge in [0.25, 0.3) is 0 Å². The Labute approximate surface area is 41.3 Å². The van der Waals surface area contributed by atoms with Crippen molar-refractivity contribution < 1.29 is 4.80 Å². The molecule has 1 N–H and O–H groups in total. The molecule has 0 fully saturated rings. The van der Waals surface area contributed by atoms with Gasteiger partial charge in [-0.25, -0.2) is 0 Å². The molecule has 0 saturated carbocycles. The quantitative estimate of drug-likeness (QED) is 0.438. The molecule has 2 heteroatoms. The van der Waals surface area contributed by atoms with E-state index in [-0.39, 0.29) is 5.04 Å². The minimum absolute atomic E-state index is 0.236. The van der Waals surface area contributed by atoms with E-state index in [0.29, 0.717) is 0 Å². The molecule has 0 amide bonds. The van der Waals surface area contributed by atoms with Gasteiger partial charge in [-0.15, -0.1) is 0 Å². The van der Waals surface area contributed by atoms with E-state index in [0.717, 1.165) is 0 Å². The van der Waals surface area contributed by atoms with E-state index < -0.39 is 9.76 Å². The van der Waals surface area contributed by atoms with E-state index in [4.69, 9.17) is 4.80 Å². The first-order valence-corrected chi connectivity index (χ1v) is 3.51. The molecule has 0 rings (SSSR count). The summed E-state index contributed by atoms with van der Waals surface area (Å²) in [6, 6.07) is 0. The van der Waals surface area contributed by atoms with Gasteiger partial charge >= 0.3 is 0 Å². The summed E-state index contributed by atoms with van der Waals surface area (Å²) < 4.78 is 0. The smallest absolute Gasteiger partial charge is 0.162 e. The van der Waals surface area contributed by atoms with E-state index in [1.54, 1.807) is 0 Å². The monoisotopic (exact) mass is 104 g/mol. The van der Waals surface area contributed by atoms with Crippen LogP contribution in [-0.4, -0.2) is 14.6 Å². The SMILES string of the molecule is CC(C)(C)[SiH2]O. The first kappa shape index (κ1) is 6.18. The summed E-state index contributed by atoms with van der Waals surface area (Å²) in [5, 5.41) is 0.236. The van der Waals surface area contributed by atoms with Gasteiger partial charge in [0, 0.05) is 0 Å². The van der Waals surface area contributed by atoms with Crippen LogP contribution in [0.25, 0.3) is 0 Å². The molecular formula is C4H12OSi. The third-order valence-corrected chi connectivity index (χ3v) is 1.42. The highest BCUT2D eigenvalue weighted by Gasteiger charge is 2.06. The maximum Gasteiger partial charge on any atom is 0.162 e. The first-order chi connectivity index (χ1) is 2.56. The molecule has 1 nitrogen and oxygen atoms in total. The normalized spacial score (nSPS) is 14.0. The molecule has 0 aromatic heterocycles. The Hall–Kier alpha value is 0.177. The molecule has 0 spiro atoms. The molecule has 0 aromatic rings. The molecule has 0 bridgehead atoms. The molecule has 0 aliphatic carbocycles. The molecule has 38 valence electrons. The second-order valence-electron chi connectivity index (χ2n) is 2.72. The summed E-state index contributed by atoms with van der Waals surface area (Å²) in [6.07, 6.45) is 0. The fraction of sp³-hybridized carbons (Fsp3) is 1.00. The zero-order chi connectivity index (χ0) is 5.21. The third-order valence-electron chi connectivity index (χ3n) is 0.474. The number of rotatable bonds is 0. The average Bonchev–Trinajstić information content (AvgIpc) is 1.35. The summed E-state index contributed by atoms with van der Waals surface area (Å²) in [7, 11) is -0.748. The first-order valence-electron chi connectivity index (χ1n) is 2.17. The van der Waals surface area contributed by atoms with Gasteiger partial charge in [-0.1, -0.05) is 20.8 Å². The van der Waals surface area contributed by atoms with Crippen molar-refractivity contribution in [3.8, 4) is 0 Å². The van der Waals surface area contributed by atoms with E-state index in [1.807, 2.05) is 0 Å². The van der Waals surface area contributed by atoms with Crippen LogP contribution in [0, 0.1) is 0 Å². The van der Waals surface area contributed by atoms with Crippen LogP contribution in [0.2, 0.25) is 5.04 Å². The molecule has 0 saturated heterocycles. The van der Waals surface area contributed by atoms with Gasteiger partial charge in [0.15, 0.2) is 9.76 Å². The summed E-state index contributed by atoms with van der Waals surface area (Å²) >= 11 is 0. The number of hydrogen-bond acceptors (Lipinski definition) is 1. The van der Waals surface area contributed by atoms with Crippen LogP contribution in [0.5, 0.6) is 0 Å². The molecule has 0 heterocycles. The minimum Gasteiger partial charge on any atom is -0.438 e. The van der Waals surface area contributed by atoms with Crippen LogP contribution in [-0.2, 0) is 0 Å². The summed E-state index contributed by atoms with van der Waals surface area (Å²) in [5.41, 5.74) is 0. The van der Waals surface area contributed by atoms with Crippen molar-refractivity contribution in [2.75, 3.05) is 0 Å². The standard InChI is InChI=1S/C4H12OSi/c1-4(2,3)6-5/h5H,6H2,1-3H3. The number of hydrogen-bond donors (Lipinski definition) is 1. The summed E-state index contributed by atoms with van der Waals surface area (Å²) in [4.78, 5) is 8.54. The van der Waals surface area contributed by atoms with Crippen molar-refractivity contribution in [2.24, 2.45) is 0 Å². The van der Waals surface area contributed by atoms with Crippen molar-refractivity contribution >= 4 is 9.76 Å². The average molecular weight is 104 g/mol. The molecule has 6 heavy (non-hydrogen) atoms. The van der Waals surface area contributed by atoms with Crippen LogP contribution in [0.15, 0.2) is 0 Å². The zero-order valence-electron chi connectivity index (χ0n) is 4.65. The van der Waals surface area contributed by atoms with Crippen LogP contribution in [0.3, 0.4) is 0 Å². The lowest BCUT2D eigenvalue weighted by Crippen LogP contribution is -2.05. The van der Waals surface area contributed by atoms with Gasteiger partial charge in [0.1, 0.15) is 0 Å². The van der Waals surface area contributed by atoms with E-state index in [2.05, 4.69) is 20.8 Å². The molecule has 0 aliphatic rings. The van der Waals surface area contributed by atoms with Crippen molar-refractivity contribution in [3.05, 3.63) is 0 Å². The summed E-state index contributed by atoms with van der Waals surface area (Å²) in [6.45, 7) is 6.16. The van der Waals surface area contributed by atoms with Gasteiger partial charge in [-0.3, -0.25) is 0 Å². The van der Waals surface area contributed by atoms with Crippen LogP contribution >= 0.6 is 0 Å². The Balaban J connectivity index is 3.17. The van der Waals surface area contributed by atoms with Crippen LogP contribution < -0.4 is 0 Å². The predicted octanol–water partition coefficient (Wildman–Crippen LogP) is 0.281. The fourth-order valence-corrected chi connectivity index (χ4v) is 0. The highest BCUT2D eigenvalue weighted by molar-refractivity contribution is 6.29. The zero-order valence-corrected chi connectivity index (χ0v) is 6.07. The maximum atomic E-state index is 8.54. The van der Waals surface area contributed by atoms with Crippen LogP contribution in [0.1, 0.15) is 20.8 Å². The molecule has 0 unspecified atom stereocenters. The van der Waals surface area contributed by atoms with Crippen molar-refractivity contribution in [3.63, 3.8) is 0 Å². The van der Waals surface area contributed by atoms with Gasteiger partial charge in [0.05, 0.1) is 0 Å². The Bertz CT molecular complexity index is 37.3. The van der Waals surface area contributed by atoms with Crippen molar-refractivity contribution in [1.82, 2.24) is 0 Å². The van der Waals surface area contributed by atoms with Gasteiger partial charge in [0.2, 0.25) is 0 Å². The minimum atomic E-state index is -0.748. The van der Waals surface area contributed by atoms with Gasteiger partial charge in [-0.05, 0) is 5.04 Å². The Kier molecular flexibility index (Phi) is 1.81. The van der Waals surface area contributed by atoms with Crippen molar-refractivity contribution in [1.29, 1.82) is 0 Å². The molecule has 0 aliphatic heterocycles. The lowest BCUT2D eigenvalue weighted by molar-refractivity contribution is 0.545. The van der Waals surface area contributed by atoms with Crippen LogP contribution in [0.4, 0.5) is 0 Å². The van der Waals surface area contributed by atoms with Gasteiger partial charge < -0.3 is 4.80 Å². The van der Waals surface area contributed by atoms with Crippen molar-refractivity contribution in [2.45, 2.75) is 25.8 Å². The second-order valence-corrected chi connectivity index (χ2v) is 5.16. The highest BCUT2D eigenvalue weighted by atomic mass is 28.2. The Morgan fingerprint density at radius 2 is 1.50 bits per heavy atom. The third kappa shape index (κ3) is 4.18. The van der Waals surface area contributed by atoms with E-state index in [9.17, 15) is 0 Å². The Morgan fingerprint density at radius 1 is 1.33 bits per heavy atom. The summed E-state index contributed by atoms with van der Waals surface area (Å²) in [5.74, 6) is 0. The largest absolute Gasteiger partial charge is 0.438 e. The molecule has 0 aromatic carbocycles. The molecule has 0 atom stereocenters. The maximum absolute atomic E-state index is 8.54. The van der Waals surface area contributed by atoms with E-state index in [1.165, 1.54) is 0 Å². The lowest BCUT2D eigenvalue weighted by atomic mass is 10.3. The second kappa shape index (κ2) is 1.75. The van der Waals surface area contributed by atoms with Gasteiger partial charge in [-0.2, -0.15) is 0 Å². The van der Waals surface area contributed by atoms with E-state index >= 15 is 0 Å². The topological polar surface area (TPSA) is 20.2 Å². The lowest BCUT2D eigenvalue weighted by Gasteiger charge is -2.10. The predicted molar refractivity (Wildman–Crippen MR) is 30.5 cm³/mol. The Morgan fingerprint density at radius 3 is 1.50 bits per heavy atom. The molecular weight excluding hydrogens is 92.1 g/mol.